The van der Waals surface area contributed by atoms with Crippen LogP contribution in [0.5, 0.6) is 5.75 Å². The van der Waals surface area contributed by atoms with E-state index in [1.54, 1.807) is 7.11 Å². The molecule has 2 aromatic carbocycles. The van der Waals surface area contributed by atoms with Gasteiger partial charge in [0.15, 0.2) is 0 Å². The van der Waals surface area contributed by atoms with Gasteiger partial charge in [0, 0.05) is 34.9 Å². The molecule has 0 unspecified atom stereocenters. The summed E-state index contributed by atoms with van der Waals surface area (Å²) in [6, 6.07) is 15.2. The highest BCUT2D eigenvalue weighted by molar-refractivity contribution is 5.84. The predicted molar refractivity (Wildman–Crippen MR) is 135 cm³/mol. The Hall–Kier alpha value is -3.40. The van der Waals surface area contributed by atoms with Crippen LogP contribution < -0.4 is 4.74 Å². The summed E-state index contributed by atoms with van der Waals surface area (Å²) in [7, 11) is 1.71. The molecule has 4 aromatic rings. The lowest BCUT2D eigenvalue weighted by Gasteiger charge is -2.08. The van der Waals surface area contributed by atoms with Crippen molar-refractivity contribution in [1.82, 2.24) is 15.0 Å². The number of rotatable bonds is 8. The number of nitrogens with one attached hydrogen (secondary N) is 1. The van der Waals surface area contributed by atoms with Crippen molar-refractivity contribution in [1.29, 1.82) is 0 Å². The Balaban J connectivity index is 1.22. The molecular weight excluding hydrogens is 406 g/mol. The molecule has 4 nitrogen and oxygen atoms in total. The van der Waals surface area contributed by atoms with Gasteiger partial charge < -0.3 is 9.72 Å². The quantitative estimate of drug-likeness (QED) is 0.357. The fourth-order valence-electron chi connectivity index (χ4n) is 4.85. The first-order chi connectivity index (χ1) is 16.1. The van der Waals surface area contributed by atoms with Crippen molar-refractivity contribution in [3.05, 3.63) is 93.7 Å². The number of aromatic amines is 1. The molecule has 0 fully saturated rings. The van der Waals surface area contributed by atoms with Gasteiger partial charge in [-0.25, -0.2) is 9.97 Å². The fourth-order valence-corrected chi connectivity index (χ4v) is 4.85. The van der Waals surface area contributed by atoms with Gasteiger partial charge in [-0.3, -0.25) is 0 Å². The van der Waals surface area contributed by atoms with E-state index in [-0.39, 0.29) is 0 Å². The van der Waals surface area contributed by atoms with E-state index in [0.717, 1.165) is 67.0 Å². The highest BCUT2D eigenvalue weighted by Gasteiger charge is 2.11. The minimum absolute atomic E-state index is 0.883. The average molecular weight is 438 g/mol. The summed E-state index contributed by atoms with van der Waals surface area (Å²) in [5.74, 6) is 1.85. The van der Waals surface area contributed by atoms with Crippen LogP contribution in [0, 0.1) is 6.92 Å². The lowest BCUT2D eigenvalue weighted by Crippen LogP contribution is -2.04. The van der Waals surface area contributed by atoms with Gasteiger partial charge in [0.25, 0.3) is 0 Å². The maximum atomic E-state index is 5.39. The minimum atomic E-state index is 0.883. The lowest BCUT2D eigenvalue weighted by molar-refractivity contribution is 0.415. The summed E-state index contributed by atoms with van der Waals surface area (Å²) in [5.41, 5.74) is 10.3. The normalized spacial score (nSPS) is 12.8. The van der Waals surface area contributed by atoms with Crippen molar-refractivity contribution in [3.63, 3.8) is 0 Å². The Morgan fingerprint density at radius 1 is 0.939 bits per heavy atom. The highest BCUT2D eigenvalue weighted by Crippen LogP contribution is 2.26. The van der Waals surface area contributed by atoms with E-state index in [1.165, 1.54) is 33.2 Å². The number of hydrogen-bond donors (Lipinski definition) is 1. The summed E-state index contributed by atoms with van der Waals surface area (Å²) >= 11 is 0. The molecule has 1 aliphatic carbocycles. The van der Waals surface area contributed by atoms with Gasteiger partial charge in [-0.15, -0.1) is 0 Å². The molecule has 2 aromatic heterocycles. The van der Waals surface area contributed by atoms with Crippen molar-refractivity contribution in [2.24, 2.45) is 0 Å². The van der Waals surface area contributed by atoms with Crippen molar-refractivity contribution >= 4 is 17.0 Å². The highest BCUT2D eigenvalue weighted by atomic mass is 16.5. The number of benzene rings is 2. The van der Waals surface area contributed by atoms with Crippen LogP contribution >= 0.6 is 0 Å². The number of methoxy groups -OCH3 is 1. The summed E-state index contributed by atoms with van der Waals surface area (Å²) in [4.78, 5) is 13.0. The van der Waals surface area contributed by atoms with Crippen molar-refractivity contribution in [2.45, 2.75) is 52.4 Å². The van der Waals surface area contributed by atoms with Crippen LogP contribution in [0.3, 0.4) is 0 Å². The van der Waals surface area contributed by atoms with Gasteiger partial charge in [0.2, 0.25) is 0 Å². The first-order valence-electron chi connectivity index (χ1n) is 11.8. The van der Waals surface area contributed by atoms with E-state index in [4.69, 9.17) is 14.7 Å². The standard InChI is InChI=1S/C29H31N3O/c1-19-13-22-9-7-21(16-24(22)14-19)8-10-25-15-20(2)31-29(32-25)6-4-5-23-18-30-28-12-11-26(33-3)17-27(23)28/h7,9,11-12,14-18,30H,4-6,8,10,13H2,1-3H3. The molecule has 0 bridgehead atoms. The summed E-state index contributed by atoms with van der Waals surface area (Å²) in [6.07, 6.45) is 10.4. The summed E-state index contributed by atoms with van der Waals surface area (Å²) in [6.45, 7) is 4.28. The third-order valence-corrected chi connectivity index (χ3v) is 6.53. The Bertz CT molecular complexity index is 1330. The topological polar surface area (TPSA) is 50.8 Å². The molecular formula is C29H31N3O. The maximum absolute atomic E-state index is 5.39. The second-order valence-electron chi connectivity index (χ2n) is 9.20. The number of allylic oxidation sites excluding steroid dienone is 1. The number of aryl methyl sites for hydroxylation is 5. The molecule has 0 saturated carbocycles. The number of aromatic nitrogens is 3. The van der Waals surface area contributed by atoms with Crippen LogP contribution in [-0.4, -0.2) is 22.1 Å². The number of ether oxygens (including phenoxy) is 1. The van der Waals surface area contributed by atoms with E-state index in [1.807, 2.05) is 6.07 Å². The van der Waals surface area contributed by atoms with E-state index >= 15 is 0 Å². The molecule has 4 heteroatoms. The molecule has 0 amide bonds. The van der Waals surface area contributed by atoms with Crippen molar-refractivity contribution < 1.29 is 4.74 Å². The summed E-state index contributed by atoms with van der Waals surface area (Å²) in [5, 5.41) is 1.24. The minimum Gasteiger partial charge on any atom is -0.497 e. The fraction of sp³-hybridized carbons (Fsp3) is 0.310. The SMILES string of the molecule is COc1ccc2[nH]cc(CCCc3nc(C)cc(CCc4ccc5c(c4)C=C(C)C5)n3)c2c1. The van der Waals surface area contributed by atoms with Gasteiger partial charge in [0.05, 0.1) is 7.11 Å². The molecule has 0 atom stereocenters. The number of fused-ring (bicyclic) bond motifs is 2. The molecule has 0 saturated heterocycles. The van der Waals surface area contributed by atoms with E-state index in [2.05, 4.69) is 67.5 Å². The number of hydrogen-bond acceptors (Lipinski definition) is 3. The van der Waals surface area contributed by atoms with Gasteiger partial charge >= 0.3 is 0 Å². The van der Waals surface area contributed by atoms with Gasteiger partial charge in [0.1, 0.15) is 11.6 Å². The summed E-state index contributed by atoms with van der Waals surface area (Å²) < 4.78 is 5.39. The zero-order chi connectivity index (χ0) is 22.8. The van der Waals surface area contributed by atoms with Crippen LogP contribution in [0.4, 0.5) is 0 Å². The largest absolute Gasteiger partial charge is 0.497 e. The molecule has 33 heavy (non-hydrogen) atoms. The Morgan fingerprint density at radius 3 is 2.73 bits per heavy atom. The van der Waals surface area contributed by atoms with Crippen LogP contribution in [0.15, 0.2) is 54.2 Å². The molecule has 168 valence electrons. The molecule has 0 radical (unpaired) electrons. The molecule has 1 aliphatic rings. The Labute approximate surface area is 195 Å². The van der Waals surface area contributed by atoms with Crippen molar-refractivity contribution in [2.75, 3.05) is 7.11 Å². The number of nitrogens with zero attached hydrogens (tertiary/aromatic N) is 2. The smallest absolute Gasteiger partial charge is 0.128 e. The predicted octanol–water partition coefficient (Wildman–Crippen LogP) is 6.19. The second kappa shape index (κ2) is 9.22. The second-order valence-corrected chi connectivity index (χ2v) is 9.20. The van der Waals surface area contributed by atoms with Gasteiger partial charge in [-0.2, -0.15) is 0 Å². The van der Waals surface area contributed by atoms with Crippen LogP contribution in [0.2, 0.25) is 0 Å². The van der Waals surface area contributed by atoms with Crippen LogP contribution in [0.25, 0.3) is 17.0 Å². The zero-order valence-corrected chi connectivity index (χ0v) is 19.7. The van der Waals surface area contributed by atoms with Gasteiger partial charge in [-0.05, 0) is 92.5 Å². The molecule has 5 rings (SSSR count). The van der Waals surface area contributed by atoms with E-state index in [0.29, 0.717) is 0 Å². The van der Waals surface area contributed by atoms with Gasteiger partial charge in [-0.1, -0.05) is 29.8 Å². The zero-order valence-electron chi connectivity index (χ0n) is 19.7. The average Bonchev–Trinajstić information content (AvgIpc) is 3.38. The van der Waals surface area contributed by atoms with Crippen LogP contribution in [-0.2, 0) is 32.1 Å². The third kappa shape index (κ3) is 4.85. The molecule has 0 aliphatic heterocycles. The lowest BCUT2D eigenvalue weighted by atomic mass is 10.0. The number of H-pyrrole nitrogens is 1. The Morgan fingerprint density at radius 2 is 1.85 bits per heavy atom. The first kappa shape index (κ1) is 21.4. The maximum Gasteiger partial charge on any atom is 0.128 e. The molecule has 2 heterocycles. The molecule has 0 spiro atoms. The Kier molecular flexibility index (Phi) is 5.99. The van der Waals surface area contributed by atoms with E-state index in [9.17, 15) is 0 Å². The third-order valence-electron chi connectivity index (χ3n) is 6.53. The monoisotopic (exact) mass is 437 g/mol. The first-order valence-corrected chi connectivity index (χ1v) is 11.8. The molecule has 1 N–H and O–H groups in total. The van der Waals surface area contributed by atoms with E-state index < -0.39 is 0 Å². The van der Waals surface area contributed by atoms with Crippen LogP contribution in [0.1, 0.15) is 52.8 Å². The van der Waals surface area contributed by atoms with Crippen molar-refractivity contribution in [3.8, 4) is 5.75 Å².